The number of carbonyl (C=O) groups is 1. The Morgan fingerprint density at radius 3 is 2.95 bits per heavy atom. The van der Waals surface area contributed by atoms with E-state index < -0.39 is 5.97 Å². The molecule has 0 aliphatic carbocycles. The van der Waals surface area contributed by atoms with Gasteiger partial charge in [-0.2, -0.15) is 0 Å². The maximum absolute atomic E-state index is 10.6. The number of aliphatic carboxylic acids is 1. The van der Waals surface area contributed by atoms with Gasteiger partial charge in [0.1, 0.15) is 0 Å². The molecule has 0 saturated heterocycles. The van der Waals surface area contributed by atoms with E-state index in [9.17, 15) is 4.79 Å². The fourth-order valence-corrected chi connectivity index (χ4v) is 1.90. The van der Waals surface area contributed by atoms with Gasteiger partial charge in [-0.3, -0.25) is 4.79 Å². The molecule has 19 heavy (non-hydrogen) atoms. The molecule has 1 unspecified atom stereocenters. The maximum Gasteiger partial charge on any atom is 0.306 e. The molecule has 2 rings (SSSR count). The van der Waals surface area contributed by atoms with Gasteiger partial charge in [0.2, 0.25) is 6.79 Å². The van der Waals surface area contributed by atoms with Crippen LogP contribution in [0.3, 0.4) is 0 Å². The highest BCUT2D eigenvalue weighted by molar-refractivity contribution is 5.69. The van der Waals surface area contributed by atoms with Crippen molar-refractivity contribution in [2.75, 3.05) is 19.9 Å². The van der Waals surface area contributed by atoms with Crippen LogP contribution in [0.1, 0.15) is 18.9 Å². The summed E-state index contributed by atoms with van der Waals surface area (Å²) in [4.78, 5) is 10.6. The molecule has 0 aromatic heterocycles. The lowest BCUT2D eigenvalue weighted by atomic mass is 10.1. The van der Waals surface area contributed by atoms with E-state index >= 15 is 0 Å². The third kappa shape index (κ3) is 3.86. The van der Waals surface area contributed by atoms with Crippen molar-refractivity contribution in [3.05, 3.63) is 23.8 Å². The van der Waals surface area contributed by atoms with Crippen molar-refractivity contribution < 1.29 is 19.4 Å². The minimum absolute atomic E-state index is 0.293. The van der Waals surface area contributed by atoms with E-state index in [-0.39, 0.29) is 5.92 Å². The molecule has 1 aliphatic heterocycles. The predicted molar refractivity (Wildman–Crippen MR) is 70.6 cm³/mol. The number of fused-ring (bicyclic) bond motifs is 1. The summed E-state index contributed by atoms with van der Waals surface area (Å²) >= 11 is 0. The van der Waals surface area contributed by atoms with E-state index in [2.05, 4.69) is 5.32 Å². The zero-order valence-electron chi connectivity index (χ0n) is 11.0. The predicted octanol–water partition coefficient (Wildman–Crippen LogP) is 1.66. The van der Waals surface area contributed by atoms with Crippen LogP contribution in [0.2, 0.25) is 0 Å². The monoisotopic (exact) mass is 265 g/mol. The normalized spacial score (nSPS) is 14.4. The van der Waals surface area contributed by atoms with Gasteiger partial charge in [-0.25, -0.2) is 0 Å². The van der Waals surface area contributed by atoms with Crippen molar-refractivity contribution in [2.24, 2.45) is 5.92 Å². The first-order valence-electron chi connectivity index (χ1n) is 6.49. The van der Waals surface area contributed by atoms with Gasteiger partial charge >= 0.3 is 5.97 Å². The standard InChI is InChI=1S/C14H19NO4/c1-10(14(16)17)4-6-15-7-5-11-2-3-12-13(8-11)19-9-18-12/h2-3,8,10,15H,4-7,9H2,1H3,(H,16,17). The fourth-order valence-electron chi connectivity index (χ4n) is 1.90. The number of carboxylic acid groups (broad SMARTS) is 1. The second-order valence-corrected chi connectivity index (χ2v) is 4.72. The molecule has 0 radical (unpaired) electrons. The van der Waals surface area contributed by atoms with Crippen molar-refractivity contribution >= 4 is 5.97 Å². The van der Waals surface area contributed by atoms with Crippen LogP contribution in [0.15, 0.2) is 18.2 Å². The summed E-state index contributed by atoms with van der Waals surface area (Å²) in [5.41, 5.74) is 1.18. The van der Waals surface area contributed by atoms with Crippen LogP contribution in [-0.4, -0.2) is 31.0 Å². The summed E-state index contributed by atoms with van der Waals surface area (Å²) in [7, 11) is 0. The van der Waals surface area contributed by atoms with Crippen molar-refractivity contribution in [1.82, 2.24) is 5.32 Å². The molecule has 0 saturated carbocycles. The number of nitrogens with one attached hydrogen (secondary N) is 1. The largest absolute Gasteiger partial charge is 0.481 e. The lowest BCUT2D eigenvalue weighted by Gasteiger charge is -2.08. The molecule has 0 fully saturated rings. The van der Waals surface area contributed by atoms with Crippen LogP contribution in [0, 0.1) is 5.92 Å². The summed E-state index contributed by atoms with van der Waals surface area (Å²) in [5.74, 6) is 0.569. The Kier molecular flexibility index (Phi) is 4.63. The van der Waals surface area contributed by atoms with Gasteiger partial charge in [0.05, 0.1) is 5.92 Å². The Balaban J connectivity index is 1.67. The molecule has 1 aromatic carbocycles. The SMILES string of the molecule is CC(CCNCCc1ccc2c(c1)OCO2)C(=O)O. The molecule has 1 aromatic rings. The van der Waals surface area contributed by atoms with Crippen molar-refractivity contribution in [2.45, 2.75) is 19.8 Å². The zero-order valence-corrected chi connectivity index (χ0v) is 11.0. The van der Waals surface area contributed by atoms with Gasteiger partial charge in [-0.1, -0.05) is 13.0 Å². The summed E-state index contributed by atoms with van der Waals surface area (Å²) in [6.07, 6.45) is 1.54. The Hall–Kier alpha value is -1.75. The van der Waals surface area contributed by atoms with E-state index in [0.29, 0.717) is 13.2 Å². The fraction of sp³-hybridized carbons (Fsp3) is 0.500. The van der Waals surface area contributed by atoms with Crippen molar-refractivity contribution in [3.8, 4) is 11.5 Å². The molecule has 5 heteroatoms. The molecule has 1 atom stereocenters. The van der Waals surface area contributed by atoms with Crippen LogP contribution in [0.4, 0.5) is 0 Å². The molecule has 1 aliphatic rings. The van der Waals surface area contributed by atoms with Gasteiger partial charge in [0.25, 0.3) is 0 Å². The first kappa shape index (κ1) is 13.7. The smallest absolute Gasteiger partial charge is 0.306 e. The average molecular weight is 265 g/mol. The topological polar surface area (TPSA) is 67.8 Å². The molecule has 2 N–H and O–H groups in total. The minimum Gasteiger partial charge on any atom is -0.481 e. The number of ether oxygens (including phenoxy) is 2. The lowest BCUT2D eigenvalue weighted by Crippen LogP contribution is -2.22. The first-order chi connectivity index (χ1) is 9.16. The highest BCUT2D eigenvalue weighted by atomic mass is 16.7. The Bertz CT molecular complexity index is 447. The highest BCUT2D eigenvalue weighted by Crippen LogP contribution is 2.32. The van der Waals surface area contributed by atoms with E-state index in [1.807, 2.05) is 18.2 Å². The van der Waals surface area contributed by atoms with E-state index in [1.165, 1.54) is 5.56 Å². The van der Waals surface area contributed by atoms with Gasteiger partial charge in [0.15, 0.2) is 11.5 Å². The number of rotatable bonds is 7. The van der Waals surface area contributed by atoms with Crippen LogP contribution >= 0.6 is 0 Å². The van der Waals surface area contributed by atoms with E-state index in [1.54, 1.807) is 6.92 Å². The van der Waals surface area contributed by atoms with Gasteiger partial charge < -0.3 is 19.9 Å². The van der Waals surface area contributed by atoms with Crippen LogP contribution < -0.4 is 14.8 Å². The average Bonchev–Trinajstić information content (AvgIpc) is 2.85. The van der Waals surface area contributed by atoms with E-state index in [0.717, 1.165) is 31.0 Å². The number of benzene rings is 1. The first-order valence-corrected chi connectivity index (χ1v) is 6.49. The molecule has 0 bridgehead atoms. The van der Waals surface area contributed by atoms with Gasteiger partial charge in [-0.15, -0.1) is 0 Å². The molecular weight excluding hydrogens is 246 g/mol. The molecular formula is C14H19NO4. The van der Waals surface area contributed by atoms with Crippen LogP contribution in [-0.2, 0) is 11.2 Å². The summed E-state index contributed by atoms with van der Waals surface area (Å²) in [5, 5.41) is 12.0. The Morgan fingerprint density at radius 1 is 1.37 bits per heavy atom. The van der Waals surface area contributed by atoms with Gasteiger partial charge in [0, 0.05) is 0 Å². The second-order valence-electron chi connectivity index (χ2n) is 4.72. The van der Waals surface area contributed by atoms with Crippen LogP contribution in [0.25, 0.3) is 0 Å². The molecule has 5 nitrogen and oxygen atoms in total. The highest BCUT2D eigenvalue weighted by Gasteiger charge is 2.13. The molecule has 0 amide bonds. The number of carboxylic acids is 1. The van der Waals surface area contributed by atoms with Crippen molar-refractivity contribution in [1.29, 1.82) is 0 Å². The lowest BCUT2D eigenvalue weighted by molar-refractivity contribution is -0.141. The molecule has 1 heterocycles. The molecule has 104 valence electrons. The minimum atomic E-state index is -0.738. The number of hydrogen-bond acceptors (Lipinski definition) is 4. The number of hydrogen-bond donors (Lipinski definition) is 2. The second kappa shape index (κ2) is 6.43. The van der Waals surface area contributed by atoms with Crippen LogP contribution in [0.5, 0.6) is 11.5 Å². The Morgan fingerprint density at radius 2 is 2.16 bits per heavy atom. The quantitative estimate of drug-likeness (QED) is 0.734. The Labute approximate surface area is 112 Å². The third-order valence-electron chi connectivity index (χ3n) is 3.20. The summed E-state index contributed by atoms with van der Waals surface area (Å²) in [6.45, 7) is 3.57. The van der Waals surface area contributed by atoms with E-state index in [4.69, 9.17) is 14.6 Å². The maximum atomic E-state index is 10.6. The van der Waals surface area contributed by atoms with Gasteiger partial charge in [-0.05, 0) is 43.6 Å². The third-order valence-corrected chi connectivity index (χ3v) is 3.20. The molecule has 0 spiro atoms. The summed E-state index contributed by atoms with van der Waals surface area (Å²) < 4.78 is 10.6. The van der Waals surface area contributed by atoms with Crippen molar-refractivity contribution in [3.63, 3.8) is 0 Å². The zero-order chi connectivity index (χ0) is 13.7. The summed E-state index contributed by atoms with van der Waals surface area (Å²) in [6, 6.07) is 5.93.